The SMILES string of the molecule is CN1CCN(C2CCC(C(=O)NCCC(C)(C)OCCC(C)(C)S)C2)CC1. The minimum absolute atomic E-state index is 0.00686. The molecule has 1 saturated heterocycles. The minimum atomic E-state index is -0.218. The summed E-state index contributed by atoms with van der Waals surface area (Å²) >= 11 is 4.54. The summed E-state index contributed by atoms with van der Waals surface area (Å²) in [7, 11) is 2.19. The fourth-order valence-corrected chi connectivity index (χ4v) is 4.09. The van der Waals surface area contributed by atoms with E-state index in [0.717, 1.165) is 58.3 Å². The number of likely N-dealkylation sites (N-methyl/N-ethyl adjacent to an activating group) is 1. The summed E-state index contributed by atoms with van der Waals surface area (Å²) in [6.45, 7) is 14.4. The van der Waals surface area contributed by atoms with Gasteiger partial charge in [-0.2, -0.15) is 12.6 Å². The Morgan fingerprint density at radius 2 is 1.78 bits per heavy atom. The van der Waals surface area contributed by atoms with Gasteiger partial charge in [-0.05, 0) is 53.0 Å². The van der Waals surface area contributed by atoms with Gasteiger partial charge < -0.3 is 15.0 Å². The average Bonchev–Trinajstić information content (AvgIpc) is 3.04. The maximum Gasteiger partial charge on any atom is 0.223 e. The van der Waals surface area contributed by atoms with Crippen LogP contribution in [0, 0.1) is 5.92 Å². The summed E-state index contributed by atoms with van der Waals surface area (Å²) in [6, 6.07) is 0.596. The molecule has 1 aliphatic heterocycles. The smallest absolute Gasteiger partial charge is 0.223 e. The van der Waals surface area contributed by atoms with E-state index < -0.39 is 0 Å². The number of rotatable bonds is 9. The van der Waals surface area contributed by atoms with E-state index in [1.807, 2.05) is 0 Å². The van der Waals surface area contributed by atoms with Gasteiger partial charge in [-0.15, -0.1) is 0 Å². The second-order valence-corrected chi connectivity index (χ2v) is 10.9. The van der Waals surface area contributed by atoms with Crippen molar-refractivity contribution < 1.29 is 9.53 Å². The second kappa shape index (κ2) is 9.95. The van der Waals surface area contributed by atoms with Gasteiger partial charge in [-0.3, -0.25) is 9.69 Å². The van der Waals surface area contributed by atoms with Crippen LogP contribution >= 0.6 is 12.6 Å². The number of nitrogens with one attached hydrogen (secondary N) is 1. The Morgan fingerprint density at radius 1 is 1.11 bits per heavy atom. The molecule has 0 aromatic heterocycles. The molecule has 1 amide bonds. The van der Waals surface area contributed by atoms with Crippen LogP contribution < -0.4 is 5.32 Å². The molecule has 2 aliphatic rings. The largest absolute Gasteiger partial charge is 0.375 e. The maximum absolute atomic E-state index is 12.6. The van der Waals surface area contributed by atoms with Gasteiger partial charge in [0.2, 0.25) is 5.91 Å². The number of carbonyl (C=O) groups excluding carboxylic acids is 1. The van der Waals surface area contributed by atoms with E-state index in [-0.39, 0.29) is 22.2 Å². The van der Waals surface area contributed by atoms with Crippen molar-refractivity contribution in [1.82, 2.24) is 15.1 Å². The number of thiol groups is 1. The van der Waals surface area contributed by atoms with Crippen LogP contribution in [0.15, 0.2) is 0 Å². The summed E-state index contributed by atoms with van der Waals surface area (Å²) in [5.74, 6) is 0.419. The average molecular weight is 400 g/mol. The number of carbonyl (C=O) groups is 1. The molecule has 0 bridgehead atoms. The molecule has 1 heterocycles. The van der Waals surface area contributed by atoms with E-state index in [1.54, 1.807) is 0 Å². The van der Waals surface area contributed by atoms with Crippen LogP contribution in [0.4, 0.5) is 0 Å². The number of hydrogen-bond donors (Lipinski definition) is 2. The van der Waals surface area contributed by atoms with E-state index in [0.29, 0.717) is 19.2 Å². The Bertz CT molecular complexity index is 471. The van der Waals surface area contributed by atoms with Crippen LogP contribution in [0.5, 0.6) is 0 Å². The first-order valence-electron chi connectivity index (χ1n) is 10.6. The second-order valence-electron chi connectivity index (χ2n) is 9.71. The van der Waals surface area contributed by atoms with Crippen LogP contribution in [-0.2, 0) is 9.53 Å². The van der Waals surface area contributed by atoms with Crippen molar-refractivity contribution in [2.45, 2.75) is 76.2 Å². The summed E-state index contributed by atoms with van der Waals surface area (Å²) in [6.07, 6.45) is 4.96. The highest BCUT2D eigenvalue weighted by Gasteiger charge is 2.34. The normalized spacial score (nSPS) is 25.7. The zero-order valence-corrected chi connectivity index (χ0v) is 19.0. The molecular weight excluding hydrogens is 358 g/mol. The van der Waals surface area contributed by atoms with E-state index in [2.05, 4.69) is 62.5 Å². The molecule has 0 aromatic carbocycles. The van der Waals surface area contributed by atoms with E-state index in [9.17, 15) is 4.79 Å². The Hall–Kier alpha value is -0.300. The molecule has 0 spiro atoms. The van der Waals surface area contributed by atoms with Gasteiger partial charge in [0.05, 0.1) is 5.60 Å². The molecule has 0 aromatic rings. The van der Waals surface area contributed by atoms with Crippen LogP contribution in [0.2, 0.25) is 0 Å². The summed E-state index contributed by atoms with van der Waals surface area (Å²) < 4.78 is 6.00. The lowest BCUT2D eigenvalue weighted by molar-refractivity contribution is -0.125. The lowest BCUT2D eigenvalue weighted by Gasteiger charge is -2.36. The van der Waals surface area contributed by atoms with Crippen molar-refractivity contribution in [3.63, 3.8) is 0 Å². The topological polar surface area (TPSA) is 44.8 Å². The number of piperazine rings is 1. The monoisotopic (exact) mass is 399 g/mol. The van der Waals surface area contributed by atoms with Gasteiger partial charge in [0.25, 0.3) is 0 Å². The van der Waals surface area contributed by atoms with Gasteiger partial charge in [0.1, 0.15) is 0 Å². The quantitative estimate of drug-likeness (QED) is 0.585. The Labute approximate surface area is 172 Å². The van der Waals surface area contributed by atoms with Crippen LogP contribution in [-0.4, -0.2) is 78.5 Å². The predicted molar refractivity (Wildman–Crippen MR) is 116 cm³/mol. The molecule has 2 fully saturated rings. The Balaban J connectivity index is 1.64. The summed E-state index contributed by atoms with van der Waals surface area (Å²) in [4.78, 5) is 17.5. The number of hydrogen-bond acceptors (Lipinski definition) is 5. The fourth-order valence-electron chi connectivity index (χ4n) is 3.99. The molecule has 2 unspecified atom stereocenters. The van der Waals surface area contributed by atoms with E-state index >= 15 is 0 Å². The first-order valence-corrected chi connectivity index (χ1v) is 11.1. The molecule has 6 heteroatoms. The predicted octanol–water partition coefficient (Wildman–Crippen LogP) is 2.80. The van der Waals surface area contributed by atoms with Crippen molar-refractivity contribution in [1.29, 1.82) is 0 Å². The third-order valence-electron chi connectivity index (χ3n) is 6.06. The fraction of sp³-hybridized carbons (Fsp3) is 0.952. The van der Waals surface area contributed by atoms with Crippen LogP contribution in [0.1, 0.15) is 59.8 Å². The standard InChI is InChI=1S/C21H41N3O2S/c1-20(2,26-15-9-21(3,4)27)8-10-22-19(25)17-6-7-18(16-17)24-13-11-23(5)12-14-24/h17-18,27H,6-16H2,1-5H3,(H,22,25). The molecule has 1 aliphatic carbocycles. The van der Waals surface area contributed by atoms with Crippen LogP contribution in [0.25, 0.3) is 0 Å². The molecule has 5 nitrogen and oxygen atoms in total. The molecule has 0 radical (unpaired) electrons. The third-order valence-corrected chi connectivity index (χ3v) is 6.29. The Morgan fingerprint density at radius 3 is 2.41 bits per heavy atom. The maximum atomic E-state index is 12.6. The molecule has 27 heavy (non-hydrogen) atoms. The molecule has 2 atom stereocenters. The molecular formula is C21H41N3O2S. The van der Waals surface area contributed by atoms with Gasteiger partial charge in [-0.25, -0.2) is 0 Å². The van der Waals surface area contributed by atoms with Crippen molar-refractivity contribution in [3.8, 4) is 0 Å². The summed E-state index contributed by atoms with van der Waals surface area (Å²) in [5, 5.41) is 3.16. The first-order chi connectivity index (χ1) is 12.6. The lowest BCUT2D eigenvalue weighted by Crippen LogP contribution is -2.48. The van der Waals surface area contributed by atoms with Gasteiger partial charge in [0.15, 0.2) is 0 Å². The highest BCUT2D eigenvalue weighted by Crippen LogP contribution is 2.30. The molecule has 1 N–H and O–H groups in total. The van der Waals surface area contributed by atoms with Crippen molar-refractivity contribution >= 4 is 18.5 Å². The molecule has 1 saturated carbocycles. The third kappa shape index (κ3) is 8.30. The van der Waals surface area contributed by atoms with Gasteiger partial charge in [0, 0.05) is 56.0 Å². The lowest BCUT2D eigenvalue weighted by atomic mass is 10.0. The first kappa shape index (κ1) is 23.0. The van der Waals surface area contributed by atoms with Crippen LogP contribution in [0.3, 0.4) is 0 Å². The molecule has 158 valence electrons. The minimum Gasteiger partial charge on any atom is -0.375 e. The van der Waals surface area contributed by atoms with Crippen molar-refractivity contribution in [2.24, 2.45) is 5.92 Å². The van der Waals surface area contributed by atoms with Crippen molar-refractivity contribution in [3.05, 3.63) is 0 Å². The van der Waals surface area contributed by atoms with Gasteiger partial charge >= 0.3 is 0 Å². The van der Waals surface area contributed by atoms with Crippen molar-refractivity contribution in [2.75, 3.05) is 46.4 Å². The number of nitrogens with zero attached hydrogens (tertiary/aromatic N) is 2. The number of ether oxygens (including phenoxy) is 1. The highest BCUT2D eigenvalue weighted by atomic mass is 32.1. The number of amides is 1. The van der Waals surface area contributed by atoms with Gasteiger partial charge in [-0.1, -0.05) is 13.8 Å². The summed E-state index contributed by atoms with van der Waals surface area (Å²) in [5.41, 5.74) is -0.218. The van der Waals surface area contributed by atoms with E-state index in [4.69, 9.17) is 4.74 Å². The molecule has 2 rings (SSSR count). The zero-order valence-electron chi connectivity index (χ0n) is 18.1. The Kier molecular flexibility index (Phi) is 8.47. The highest BCUT2D eigenvalue weighted by molar-refractivity contribution is 7.81. The zero-order chi connectivity index (χ0) is 20.1. The van der Waals surface area contributed by atoms with E-state index in [1.165, 1.54) is 0 Å².